The maximum absolute atomic E-state index is 11.9. The molecule has 2 aliphatic rings. The summed E-state index contributed by atoms with van der Waals surface area (Å²) >= 11 is 1.22. The van der Waals surface area contributed by atoms with Crippen LogP contribution in [0.2, 0.25) is 0 Å². The van der Waals surface area contributed by atoms with E-state index in [1.54, 1.807) is 0 Å². The predicted molar refractivity (Wildman–Crippen MR) is 62.4 cm³/mol. The molecule has 1 amide bonds. The summed E-state index contributed by atoms with van der Waals surface area (Å²) in [4.78, 5) is 35.5. The van der Waals surface area contributed by atoms with Crippen LogP contribution in [-0.4, -0.2) is 51.6 Å². The molecule has 2 atom stereocenters. The highest BCUT2D eigenvalue weighted by atomic mass is 32.2. The van der Waals surface area contributed by atoms with Gasteiger partial charge in [0.2, 0.25) is 5.72 Å². The van der Waals surface area contributed by atoms with Gasteiger partial charge in [0.05, 0.1) is 0 Å². The number of carbonyl (C=O) groups is 3. The Hall–Kier alpha value is -1.38. The summed E-state index contributed by atoms with van der Waals surface area (Å²) in [5, 5.41) is 8.54. The molecule has 0 bridgehead atoms. The Kier molecular flexibility index (Phi) is 2.96. The number of carboxylic acids is 1. The van der Waals surface area contributed by atoms with Crippen LogP contribution in [0.3, 0.4) is 0 Å². The van der Waals surface area contributed by atoms with Crippen LogP contribution in [0.15, 0.2) is 11.3 Å². The number of fused-ring (bicyclic) bond motifs is 1. The third kappa shape index (κ3) is 1.49. The van der Waals surface area contributed by atoms with E-state index >= 15 is 0 Å². The van der Waals surface area contributed by atoms with Gasteiger partial charge in [0.25, 0.3) is 5.91 Å². The predicted octanol–water partition coefficient (Wildman–Crippen LogP) is -0.869. The molecule has 7 nitrogen and oxygen atoms in total. The number of ketones is 1. The van der Waals surface area contributed by atoms with E-state index in [4.69, 9.17) is 15.6 Å². The standard InChI is InChI=1S/C10H12N2O5S/c1-4(13)5-3-18-9-10(11,17-2)8(16)12(9)6(5)7(14)15/h9H,3,11H2,1-2H3,(H,14,15)/t9-,10?/m1/s1. The van der Waals surface area contributed by atoms with Crippen LogP contribution >= 0.6 is 11.8 Å². The van der Waals surface area contributed by atoms with Crippen molar-refractivity contribution in [1.29, 1.82) is 0 Å². The van der Waals surface area contributed by atoms with Crippen molar-refractivity contribution in [3.63, 3.8) is 0 Å². The van der Waals surface area contributed by atoms with Gasteiger partial charge >= 0.3 is 5.97 Å². The first-order valence-corrected chi connectivity index (χ1v) is 6.16. The Labute approximate surface area is 107 Å². The Morgan fingerprint density at radius 1 is 1.61 bits per heavy atom. The number of nitrogens with two attached hydrogens (primary N) is 1. The van der Waals surface area contributed by atoms with E-state index < -0.39 is 23.0 Å². The highest BCUT2D eigenvalue weighted by Crippen LogP contribution is 2.45. The van der Waals surface area contributed by atoms with Crippen molar-refractivity contribution in [2.45, 2.75) is 18.0 Å². The van der Waals surface area contributed by atoms with E-state index in [0.29, 0.717) is 0 Å². The number of ether oxygens (including phenoxy) is 1. The molecule has 0 radical (unpaired) electrons. The number of hydrogen-bond acceptors (Lipinski definition) is 6. The van der Waals surface area contributed by atoms with Gasteiger partial charge in [-0.3, -0.25) is 20.2 Å². The largest absolute Gasteiger partial charge is 0.477 e. The fourth-order valence-corrected chi connectivity index (χ4v) is 3.47. The Bertz CT molecular complexity index is 489. The minimum Gasteiger partial charge on any atom is -0.477 e. The zero-order chi connectivity index (χ0) is 13.7. The summed E-state index contributed by atoms with van der Waals surface area (Å²) in [6.07, 6.45) is 0. The molecule has 2 rings (SSSR count). The minimum absolute atomic E-state index is 0.121. The zero-order valence-corrected chi connectivity index (χ0v) is 10.6. The molecule has 0 spiro atoms. The quantitative estimate of drug-likeness (QED) is 0.507. The van der Waals surface area contributed by atoms with E-state index in [1.165, 1.54) is 25.8 Å². The van der Waals surface area contributed by atoms with Gasteiger partial charge in [0.1, 0.15) is 11.1 Å². The van der Waals surface area contributed by atoms with Crippen LogP contribution in [0.5, 0.6) is 0 Å². The first kappa shape index (κ1) is 13.1. The van der Waals surface area contributed by atoms with Crippen molar-refractivity contribution in [3.8, 4) is 0 Å². The maximum Gasteiger partial charge on any atom is 0.353 e. The van der Waals surface area contributed by atoms with E-state index in [2.05, 4.69) is 0 Å². The number of thioether (sulfide) groups is 1. The van der Waals surface area contributed by atoms with E-state index in [0.717, 1.165) is 4.90 Å². The number of methoxy groups -OCH3 is 1. The number of β-lactam (4-membered cyclic amide) rings is 1. The number of aliphatic carboxylic acids is 1. The second-order valence-electron chi connectivity index (χ2n) is 4.02. The van der Waals surface area contributed by atoms with E-state index in [1.807, 2.05) is 0 Å². The van der Waals surface area contributed by atoms with Crippen molar-refractivity contribution < 1.29 is 24.2 Å². The number of nitrogens with zero attached hydrogens (tertiary/aromatic N) is 1. The topological polar surface area (TPSA) is 110 Å². The van der Waals surface area contributed by atoms with E-state index in [9.17, 15) is 14.4 Å². The first-order chi connectivity index (χ1) is 8.34. The van der Waals surface area contributed by atoms with Gasteiger partial charge in [-0.25, -0.2) is 4.79 Å². The lowest BCUT2D eigenvalue weighted by Gasteiger charge is -2.53. The average Bonchev–Trinajstić information content (AvgIpc) is 2.34. The molecule has 1 unspecified atom stereocenters. The molecule has 1 saturated heterocycles. The molecular weight excluding hydrogens is 260 g/mol. The van der Waals surface area contributed by atoms with Gasteiger partial charge in [0.15, 0.2) is 5.78 Å². The van der Waals surface area contributed by atoms with Crippen LogP contribution in [0.25, 0.3) is 0 Å². The van der Waals surface area contributed by atoms with Gasteiger partial charge in [-0.2, -0.15) is 0 Å². The average molecular weight is 272 g/mol. The Morgan fingerprint density at radius 2 is 2.22 bits per heavy atom. The number of carboxylic acid groups (broad SMARTS) is 1. The number of rotatable bonds is 3. The second-order valence-corrected chi connectivity index (χ2v) is 5.09. The SMILES string of the molecule is COC1(N)C(=O)N2C(C(=O)O)=C(C(C)=O)CS[C@@H]21. The second kappa shape index (κ2) is 4.08. The van der Waals surface area contributed by atoms with Crippen molar-refractivity contribution in [3.05, 3.63) is 11.3 Å². The summed E-state index contributed by atoms with van der Waals surface area (Å²) in [7, 11) is 1.29. The summed E-state index contributed by atoms with van der Waals surface area (Å²) < 4.78 is 4.94. The molecule has 0 aromatic heterocycles. The Balaban J connectivity index is 2.47. The molecule has 1 fully saturated rings. The highest BCUT2D eigenvalue weighted by Gasteiger charge is 2.63. The van der Waals surface area contributed by atoms with Crippen LogP contribution < -0.4 is 5.73 Å². The number of carbonyl (C=O) groups excluding carboxylic acids is 2. The molecule has 2 heterocycles. The molecule has 0 saturated carbocycles. The molecule has 2 aliphatic heterocycles. The molecule has 3 N–H and O–H groups in total. The van der Waals surface area contributed by atoms with Gasteiger partial charge < -0.3 is 9.84 Å². The molecular formula is C10H12N2O5S. The van der Waals surface area contributed by atoms with Crippen LogP contribution in [0, 0.1) is 0 Å². The lowest BCUT2D eigenvalue weighted by molar-refractivity contribution is -0.182. The summed E-state index contributed by atoms with van der Waals surface area (Å²) in [5.41, 5.74) is 4.08. The van der Waals surface area contributed by atoms with Gasteiger partial charge in [-0.1, -0.05) is 0 Å². The fraction of sp³-hybridized carbons (Fsp3) is 0.500. The maximum atomic E-state index is 11.9. The van der Waals surface area contributed by atoms with Crippen molar-refractivity contribution in [2.75, 3.05) is 12.9 Å². The normalized spacial score (nSPS) is 30.9. The zero-order valence-electron chi connectivity index (χ0n) is 9.80. The summed E-state index contributed by atoms with van der Waals surface area (Å²) in [5.74, 6) is -2.11. The van der Waals surface area contributed by atoms with Crippen LogP contribution in [0.1, 0.15) is 6.92 Å². The van der Waals surface area contributed by atoms with Crippen molar-refractivity contribution in [1.82, 2.24) is 4.90 Å². The van der Waals surface area contributed by atoms with Crippen LogP contribution in [0.4, 0.5) is 0 Å². The van der Waals surface area contributed by atoms with Gasteiger partial charge in [-0.05, 0) is 6.92 Å². The van der Waals surface area contributed by atoms with E-state index in [-0.39, 0.29) is 22.8 Å². The molecule has 0 aromatic rings. The number of hydrogen-bond donors (Lipinski definition) is 2. The molecule has 8 heteroatoms. The molecule has 18 heavy (non-hydrogen) atoms. The molecule has 0 aliphatic carbocycles. The minimum atomic E-state index is -1.51. The fourth-order valence-electron chi connectivity index (χ4n) is 2.01. The highest BCUT2D eigenvalue weighted by molar-refractivity contribution is 8.00. The van der Waals surface area contributed by atoms with Crippen molar-refractivity contribution in [2.24, 2.45) is 5.73 Å². The molecule has 98 valence electrons. The number of amides is 1. The smallest absolute Gasteiger partial charge is 0.353 e. The monoisotopic (exact) mass is 272 g/mol. The van der Waals surface area contributed by atoms with Crippen LogP contribution in [-0.2, 0) is 19.1 Å². The first-order valence-electron chi connectivity index (χ1n) is 5.11. The summed E-state index contributed by atoms with van der Waals surface area (Å²) in [6.45, 7) is 1.27. The summed E-state index contributed by atoms with van der Waals surface area (Å²) in [6, 6.07) is 0. The lowest BCUT2D eigenvalue weighted by Crippen LogP contribution is -2.78. The molecule has 0 aromatic carbocycles. The Morgan fingerprint density at radius 3 is 2.67 bits per heavy atom. The third-order valence-corrected chi connectivity index (χ3v) is 4.36. The third-order valence-electron chi connectivity index (χ3n) is 3.03. The number of Topliss-reactive ketones (excluding diaryl/α,β-unsaturated/α-hetero) is 1. The van der Waals surface area contributed by atoms with Crippen molar-refractivity contribution >= 4 is 29.4 Å². The van der Waals surface area contributed by atoms with Gasteiger partial charge in [0, 0.05) is 18.4 Å². The lowest BCUT2D eigenvalue weighted by atomic mass is 9.98. The van der Waals surface area contributed by atoms with Gasteiger partial charge in [-0.15, -0.1) is 11.8 Å².